The highest BCUT2D eigenvalue weighted by Crippen LogP contribution is 2.07. The third-order valence-corrected chi connectivity index (χ3v) is 1.79. The zero-order chi connectivity index (χ0) is 9.97. The van der Waals surface area contributed by atoms with Gasteiger partial charge >= 0.3 is 5.97 Å². The number of nitrogens with one attached hydrogen (secondary N) is 1. The van der Waals surface area contributed by atoms with E-state index in [1.807, 2.05) is 0 Å². The van der Waals surface area contributed by atoms with Crippen LogP contribution in [0.4, 0.5) is 0 Å². The Kier molecular flexibility index (Phi) is 2.02. The second-order valence-electron chi connectivity index (χ2n) is 2.77. The van der Waals surface area contributed by atoms with Crippen molar-refractivity contribution in [3.05, 3.63) is 30.5 Å². The van der Waals surface area contributed by atoms with Crippen LogP contribution in [-0.2, 0) is 11.2 Å². The maximum absolute atomic E-state index is 10.5. The van der Waals surface area contributed by atoms with E-state index in [0.717, 1.165) is 0 Å². The molecule has 0 saturated carbocycles. The normalized spacial score (nSPS) is 10.3. The molecule has 2 rings (SSSR count). The number of rotatable bonds is 3. The highest BCUT2D eigenvalue weighted by atomic mass is 16.4. The summed E-state index contributed by atoms with van der Waals surface area (Å²) in [5, 5.41) is 15.2. The molecule has 0 aliphatic carbocycles. The summed E-state index contributed by atoms with van der Waals surface area (Å²) in [5.41, 5.74) is 0.613. The maximum Gasteiger partial charge on any atom is 0.309 e. The van der Waals surface area contributed by atoms with Crippen LogP contribution in [0.2, 0.25) is 0 Å². The van der Waals surface area contributed by atoms with Gasteiger partial charge in [0.1, 0.15) is 12.1 Å². The van der Waals surface area contributed by atoms with Crippen LogP contribution in [-0.4, -0.2) is 30.8 Å². The summed E-state index contributed by atoms with van der Waals surface area (Å²) in [7, 11) is 0. The van der Waals surface area contributed by atoms with Crippen LogP contribution in [0.25, 0.3) is 5.82 Å². The average Bonchev–Trinajstić information content (AvgIpc) is 2.70. The second kappa shape index (κ2) is 3.33. The standard InChI is InChI=1S/C8H8N4O2/c13-8(14)3-6-4-9-5-12(6)7-1-2-10-11-7/h1-2,4-5H,3H2,(H,10,11)(H,13,14). The molecule has 0 fully saturated rings. The topological polar surface area (TPSA) is 83.8 Å². The fraction of sp³-hybridized carbons (Fsp3) is 0.125. The predicted molar refractivity (Wildman–Crippen MR) is 47.0 cm³/mol. The van der Waals surface area contributed by atoms with E-state index in [4.69, 9.17) is 5.11 Å². The van der Waals surface area contributed by atoms with E-state index in [1.165, 1.54) is 6.20 Å². The molecule has 0 bridgehead atoms. The molecule has 0 saturated heterocycles. The van der Waals surface area contributed by atoms with Gasteiger partial charge in [-0.3, -0.25) is 14.5 Å². The van der Waals surface area contributed by atoms with Crippen molar-refractivity contribution < 1.29 is 9.90 Å². The number of carboxylic acids is 1. The van der Waals surface area contributed by atoms with Crippen molar-refractivity contribution in [3.63, 3.8) is 0 Å². The van der Waals surface area contributed by atoms with Crippen molar-refractivity contribution >= 4 is 5.97 Å². The summed E-state index contributed by atoms with van der Waals surface area (Å²) in [5.74, 6) is -0.176. The molecule has 2 aromatic heterocycles. The predicted octanol–water partition coefficient (Wildman–Crippen LogP) is 0.223. The highest BCUT2D eigenvalue weighted by molar-refractivity contribution is 5.69. The third kappa shape index (κ3) is 1.49. The first-order chi connectivity index (χ1) is 6.77. The fourth-order valence-electron chi connectivity index (χ4n) is 1.21. The van der Waals surface area contributed by atoms with Crippen LogP contribution in [0, 0.1) is 0 Å². The molecule has 0 aromatic carbocycles. The van der Waals surface area contributed by atoms with Gasteiger partial charge in [0, 0.05) is 12.3 Å². The number of hydrogen-bond acceptors (Lipinski definition) is 3. The Labute approximate surface area is 79.2 Å². The van der Waals surface area contributed by atoms with Gasteiger partial charge in [0.05, 0.1) is 18.3 Å². The van der Waals surface area contributed by atoms with E-state index in [0.29, 0.717) is 11.5 Å². The van der Waals surface area contributed by atoms with E-state index >= 15 is 0 Å². The minimum absolute atomic E-state index is 0.0565. The number of imidazole rings is 1. The Hall–Kier alpha value is -2.11. The first kappa shape index (κ1) is 8.49. The van der Waals surface area contributed by atoms with Gasteiger partial charge in [-0.15, -0.1) is 0 Å². The van der Waals surface area contributed by atoms with E-state index < -0.39 is 5.97 Å². The van der Waals surface area contributed by atoms with Crippen LogP contribution in [0.3, 0.4) is 0 Å². The minimum atomic E-state index is -0.883. The van der Waals surface area contributed by atoms with Crippen molar-refractivity contribution in [2.45, 2.75) is 6.42 Å². The summed E-state index contributed by atoms with van der Waals surface area (Å²) >= 11 is 0. The lowest BCUT2D eigenvalue weighted by Gasteiger charge is -2.01. The molecule has 6 nitrogen and oxygen atoms in total. The average molecular weight is 192 g/mol. The van der Waals surface area contributed by atoms with Gasteiger partial charge in [-0.25, -0.2) is 4.98 Å². The lowest BCUT2D eigenvalue weighted by molar-refractivity contribution is -0.136. The highest BCUT2D eigenvalue weighted by Gasteiger charge is 2.08. The fourth-order valence-corrected chi connectivity index (χ4v) is 1.21. The Morgan fingerprint density at radius 2 is 2.50 bits per heavy atom. The summed E-state index contributed by atoms with van der Waals surface area (Å²) in [6.07, 6.45) is 4.61. The zero-order valence-corrected chi connectivity index (χ0v) is 7.21. The molecule has 2 heterocycles. The number of aromatic amines is 1. The molecule has 0 spiro atoms. The summed E-state index contributed by atoms with van der Waals surface area (Å²) in [6.45, 7) is 0. The van der Waals surface area contributed by atoms with E-state index in [-0.39, 0.29) is 6.42 Å². The first-order valence-electron chi connectivity index (χ1n) is 4.00. The number of hydrogen-bond donors (Lipinski definition) is 2. The monoisotopic (exact) mass is 192 g/mol. The van der Waals surface area contributed by atoms with Gasteiger partial charge in [-0.2, -0.15) is 5.10 Å². The molecule has 0 radical (unpaired) electrons. The smallest absolute Gasteiger partial charge is 0.309 e. The Balaban J connectivity index is 2.35. The Morgan fingerprint density at radius 1 is 1.64 bits per heavy atom. The molecule has 0 amide bonds. The molecule has 0 aliphatic rings. The van der Waals surface area contributed by atoms with Crippen LogP contribution >= 0.6 is 0 Å². The van der Waals surface area contributed by atoms with Crippen LogP contribution in [0.5, 0.6) is 0 Å². The SMILES string of the molecule is O=C(O)Cc1cncn1-c1ccn[nH]1. The van der Waals surface area contributed by atoms with Gasteiger partial charge in [-0.05, 0) is 0 Å². The molecule has 14 heavy (non-hydrogen) atoms. The van der Waals surface area contributed by atoms with Gasteiger partial charge < -0.3 is 5.11 Å². The summed E-state index contributed by atoms with van der Waals surface area (Å²) < 4.78 is 1.65. The summed E-state index contributed by atoms with van der Waals surface area (Å²) in [6, 6.07) is 1.74. The van der Waals surface area contributed by atoms with Crippen LogP contribution < -0.4 is 0 Å². The number of nitrogens with zero attached hydrogens (tertiary/aromatic N) is 3. The lowest BCUT2D eigenvalue weighted by Crippen LogP contribution is -2.06. The number of H-pyrrole nitrogens is 1. The molecular formula is C8H8N4O2. The maximum atomic E-state index is 10.5. The van der Waals surface area contributed by atoms with E-state index in [1.54, 1.807) is 23.2 Å². The lowest BCUT2D eigenvalue weighted by atomic mass is 10.3. The molecule has 72 valence electrons. The molecular weight excluding hydrogens is 184 g/mol. The molecule has 0 aliphatic heterocycles. The van der Waals surface area contributed by atoms with Crippen molar-refractivity contribution in [1.29, 1.82) is 0 Å². The van der Waals surface area contributed by atoms with Crippen molar-refractivity contribution in [1.82, 2.24) is 19.7 Å². The zero-order valence-electron chi connectivity index (χ0n) is 7.21. The van der Waals surface area contributed by atoms with Gasteiger partial charge in [0.15, 0.2) is 0 Å². The molecule has 2 aromatic rings. The summed E-state index contributed by atoms with van der Waals surface area (Å²) in [4.78, 5) is 14.4. The van der Waals surface area contributed by atoms with Crippen LogP contribution in [0.1, 0.15) is 5.69 Å². The van der Waals surface area contributed by atoms with Crippen molar-refractivity contribution in [2.24, 2.45) is 0 Å². The largest absolute Gasteiger partial charge is 0.481 e. The van der Waals surface area contributed by atoms with Crippen molar-refractivity contribution in [2.75, 3.05) is 0 Å². The number of aromatic nitrogens is 4. The number of carboxylic acid groups (broad SMARTS) is 1. The van der Waals surface area contributed by atoms with Gasteiger partial charge in [0.25, 0.3) is 0 Å². The first-order valence-corrected chi connectivity index (χ1v) is 4.00. The Bertz CT molecular complexity index is 432. The van der Waals surface area contributed by atoms with E-state index in [2.05, 4.69) is 15.2 Å². The third-order valence-electron chi connectivity index (χ3n) is 1.79. The molecule has 6 heteroatoms. The molecule has 2 N–H and O–H groups in total. The van der Waals surface area contributed by atoms with Crippen LogP contribution in [0.15, 0.2) is 24.8 Å². The minimum Gasteiger partial charge on any atom is -0.481 e. The van der Waals surface area contributed by atoms with Crippen molar-refractivity contribution in [3.8, 4) is 5.82 Å². The molecule has 0 unspecified atom stereocenters. The van der Waals surface area contributed by atoms with Gasteiger partial charge in [-0.1, -0.05) is 0 Å². The quantitative estimate of drug-likeness (QED) is 0.728. The van der Waals surface area contributed by atoms with Gasteiger partial charge in [0.2, 0.25) is 0 Å². The number of carbonyl (C=O) groups is 1. The van der Waals surface area contributed by atoms with E-state index in [9.17, 15) is 4.79 Å². The molecule has 0 atom stereocenters. The number of aliphatic carboxylic acids is 1. The second-order valence-corrected chi connectivity index (χ2v) is 2.77. The Morgan fingerprint density at radius 3 is 3.14 bits per heavy atom.